The molecule has 2 aromatic rings. The molecule has 0 amide bonds. The van der Waals surface area contributed by atoms with Crippen LogP contribution >= 0.6 is 0 Å². The van der Waals surface area contributed by atoms with Crippen molar-refractivity contribution in [1.29, 1.82) is 0 Å². The lowest BCUT2D eigenvalue weighted by molar-refractivity contribution is -0.147. The number of carbonyl (C=O) groups is 1. The zero-order valence-electron chi connectivity index (χ0n) is 17.9. The summed E-state index contributed by atoms with van der Waals surface area (Å²) in [6, 6.07) is 15.5. The zero-order chi connectivity index (χ0) is 20.4. The highest BCUT2D eigenvalue weighted by molar-refractivity contribution is 5.72. The summed E-state index contributed by atoms with van der Waals surface area (Å²) in [7, 11) is 1.49. The van der Waals surface area contributed by atoms with Gasteiger partial charge in [0.25, 0.3) is 0 Å². The molecule has 0 bridgehead atoms. The maximum absolute atomic E-state index is 11.7. The number of anilines is 1. The number of piperidine rings is 1. The molecule has 0 saturated carbocycles. The van der Waals surface area contributed by atoms with E-state index in [0.717, 1.165) is 45.6 Å². The van der Waals surface area contributed by atoms with Gasteiger partial charge in [-0.1, -0.05) is 30.3 Å². The highest BCUT2D eigenvalue weighted by Gasteiger charge is 2.29. The fourth-order valence-electron chi connectivity index (χ4n) is 4.77. The van der Waals surface area contributed by atoms with Crippen LogP contribution < -0.4 is 4.90 Å². The Labute approximate surface area is 174 Å². The minimum Gasteiger partial charge on any atom is -0.469 e. The number of hydrogen-bond acceptors (Lipinski definition) is 4. The molecule has 0 aliphatic carbocycles. The number of methoxy groups -OCH3 is 1. The van der Waals surface area contributed by atoms with Crippen LogP contribution in [0.2, 0.25) is 0 Å². The van der Waals surface area contributed by atoms with Crippen molar-refractivity contribution in [2.75, 3.05) is 38.2 Å². The Hall–Kier alpha value is -2.33. The van der Waals surface area contributed by atoms with Gasteiger partial charge in [0.1, 0.15) is 0 Å². The van der Waals surface area contributed by atoms with Crippen LogP contribution in [0.25, 0.3) is 0 Å². The molecule has 0 N–H and O–H groups in total. The number of nitrogens with zero attached hydrogens (tertiary/aromatic N) is 2. The summed E-state index contributed by atoms with van der Waals surface area (Å²) < 4.78 is 4.91. The van der Waals surface area contributed by atoms with E-state index in [2.05, 4.69) is 66.1 Å². The van der Waals surface area contributed by atoms with E-state index in [4.69, 9.17) is 4.74 Å². The summed E-state index contributed by atoms with van der Waals surface area (Å²) in [6.45, 7) is 9.62. The largest absolute Gasteiger partial charge is 0.469 e. The number of para-hydroxylation sites is 1. The normalized spacial score (nSPS) is 18.5. The maximum atomic E-state index is 11.7. The van der Waals surface area contributed by atoms with Crippen molar-refractivity contribution in [3.63, 3.8) is 0 Å². The van der Waals surface area contributed by atoms with Gasteiger partial charge in [-0.25, -0.2) is 0 Å². The fourth-order valence-corrected chi connectivity index (χ4v) is 4.77. The van der Waals surface area contributed by atoms with E-state index in [1.54, 1.807) is 0 Å². The summed E-state index contributed by atoms with van der Waals surface area (Å²) in [5.74, 6) is 0.649. The minimum absolute atomic E-state index is 0.0496. The van der Waals surface area contributed by atoms with Crippen LogP contribution in [0.1, 0.15) is 41.0 Å². The molecular formula is C25H32N2O2. The molecule has 0 spiro atoms. The molecule has 154 valence electrons. The summed E-state index contributed by atoms with van der Waals surface area (Å²) in [5.41, 5.74) is 7.04. The third kappa shape index (κ3) is 4.32. The molecule has 0 aromatic heterocycles. The van der Waals surface area contributed by atoms with Crippen LogP contribution in [0.15, 0.2) is 42.5 Å². The SMILES string of the molecule is COC(=O)C1CCN(Cc2c(C)cc(C3CN(c4ccccc4)C3)cc2C)CC1. The summed E-state index contributed by atoms with van der Waals surface area (Å²) in [5, 5.41) is 0. The predicted molar refractivity (Wildman–Crippen MR) is 117 cm³/mol. The van der Waals surface area contributed by atoms with Gasteiger partial charge in [0.15, 0.2) is 0 Å². The van der Waals surface area contributed by atoms with Gasteiger partial charge in [-0.2, -0.15) is 0 Å². The summed E-state index contributed by atoms with van der Waals surface area (Å²) >= 11 is 0. The van der Waals surface area contributed by atoms with E-state index in [9.17, 15) is 4.79 Å². The average Bonchev–Trinajstić information content (AvgIpc) is 2.70. The number of rotatable bonds is 5. The molecule has 0 unspecified atom stereocenters. The van der Waals surface area contributed by atoms with E-state index in [0.29, 0.717) is 5.92 Å². The number of hydrogen-bond donors (Lipinski definition) is 0. The molecule has 4 rings (SSSR count). The monoisotopic (exact) mass is 392 g/mol. The second-order valence-electron chi connectivity index (χ2n) is 8.64. The highest BCUT2D eigenvalue weighted by atomic mass is 16.5. The molecule has 4 nitrogen and oxygen atoms in total. The zero-order valence-corrected chi connectivity index (χ0v) is 17.9. The molecular weight excluding hydrogens is 360 g/mol. The van der Waals surface area contributed by atoms with Crippen molar-refractivity contribution >= 4 is 11.7 Å². The van der Waals surface area contributed by atoms with E-state index < -0.39 is 0 Å². The molecule has 2 fully saturated rings. The van der Waals surface area contributed by atoms with Gasteiger partial charge in [-0.3, -0.25) is 9.69 Å². The van der Waals surface area contributed by atoms with Crippen LogP contribution in [0.4, 0.5) is 5.69 Å². The first kappa shape index (κ1) is 20.0. The Balaban J connectivity index is 1.37. The maximum Gasteiger partial charge on any atom is 0.308 e. The first-order valence-corrected chi connectivity index (χ1v) is 10.8. The third-order valence-corrected chi connectivity index (χ3v) is 6.70. The van der Waals surface area contributed by atoms with Crippen molar-refractivity contribution in [1.82, 2.24) is 4.90 Å². The topological polar surface area (TPSA) is 32.8 Å². The lowest BCUT2D eigenvalue weighted by Crippen LogP contribution is -2.45. The number of esters is 1. The fraction of sp³-hybridized carbons (Fsp3) is 0.480. The van der Waals surface area contributed by atoms with Gasteiger partial charge in [0.05, 0.1) is 13.0 Å². The van der Waals surface area contributed by atoms with Crippen molar-refractivity contribution < 1.29 is 9.53 Å². The molecule has 0 radical (unpaired) electrons. The quantitative estimate of drug-likeness (QED) is 0.711. The molecule has 2 aliphatic heterocycles. The highest BCUT2D eigenvalue weighted by Crippen LogP contribution is 2.33. The first-order chi connectivity index (χ1) is 14.0. The second kappa shape index (κ2) is 8.58. The molecule has 2 aliphatic rings. The van der Waals surface area contributed by atoms with Crippen molar-refractivity contribution in [2.24, 2.45) is 5.92 Å². The molecule has 2 heterocycles. The van der Waals surface area contributed by atoms with Crippen molar-refractivity contribution in [3.05, 3.63) is 64.7 Å². The van der Waals surface area contributed by atoms with Gasteiger partial charge in [0.2, 0.25) is 0 Å². The standard InChI is InChI=1S/C25H32N2O2/c1-18-13-21(22-15-27(16-22)23-7-5-4-6-8-23)14-19(2)24(18)17-26-11-9-20(10-12-26)25(28)29-3/h4-8,13-14,20,22H,9-12,15-17H2,1-3H3. The molecule has 4 heteroatoms. The number of benzene rings is 2. The van der Waals surface area contributed by atoms with Gasteiger partial charge < -0.3 is 9.64 Å². The smallest absolute Gasteiger partial charge is 0.308 e. The second-order valence-corrected chi connectivity index (χ2v) is 8.64. The Morgan fingerprint density at radius 3 is 2.24 bits per heavy atom. The molecule has 0 atom stereocenters. The summed E-state index contributed by atoms with van der Waals surface area (Å²) in [6.07, 6.45) is 1.81. The number of ether oxygens (including phenoxy) is 1. The Kier molecular flexibility index (Phi) is 5.91. The lowest BCUT2D eigenvalue weighted by atomic mass is 9.86. The van der Waals surface area contributed by atoms with Gasteiger partial charge >= 0.3 is 5.97 Å². The van der Waals surface area contributed by atoms with E-state index in [1.807, 2.05) is 0 Å². The number of aryl methyl sites for hydroxylation is 2. The van der Waals surface area contributed by atoms with Crippen molar-refractivity contribution in [2.45, 2.75) is 39.2 Å². The van der Waals surface area contributed by atoms with Crippen molar-refractivity contribution in [3.8, 4) is 0 Å². The van der Waals surface area contributed by atoms with Crippen LogP contribution in [-0.4, -0.2) is 44.2 Å². The number of carbonyl (C=O) groups excluding carboxylic acids is 1. The predicted octanol–water partition coefficient (Wildman–Crippen LogP) is 4.29. The van der Waals surface area contributed by atoms with Crippen LogP contribution in [-0.2, 0) is 16.1 Å². The molecule has 2 saturated heterocycles. The van der Waals surface area contributed by atoms with Gasteiger partial charge in [-0.05, 0) is 74.2 Å². The minimum atomic E-state index is -0.0496. The summed E-state index contributed by atoms with van der Waals surface area (Å²) in [4.78, 5) is 16.7. The molecule has 29 heavy (non-hydrogen) atoms. The average molecular weight is 393 g/mol. The van der Waals surface area contributed by atoms with Gasteiger partial charge in [0, 0.05) is 31.2 Å². The van der Waals surface area contributed by atoms with E-state index in [1.165, 1.54) is 35.1 Å². The Morgan fingerprint density at radius 2 is 1.66 bits per heavy atom. The van der Waals surface area contributed by atoms with E-state index >= 15 is 0 Å². The van der Waals surface area contributed by atoms with Crippen LogP contribution in [0.3, 0.4) is 0 Å². The third-order valence-electron chi connectivity index (χ3n) is 6.70. The lowest BCUT2D eigenvalue weighted by Gasteiger charge is -2.42. The Morgan fingerprint density at radius 1 is 1.03 bits per heavy atom. The van der Waals surface area contributed by atoms with E-state index in [-0.39, 0.29) is 11.9 Å². The Bertz CT molecular complexity index is 827. The first-order valence-electron chi connectivity index (χ1n) is 10.8. The molecule has 2 aromatic carbocycles. The van der Waals surface area contributed by atoms with Crippen LogP contribution in [0, 0.1) is 19.8 Å². The number of likely N-dealkylation sites (tertiary alicyclic amines) is 1. The van der Waals surface area contributed by atoms with Crippen LogP contribution in [0.5, 0.6) is 0 Å². The van der Waals surface area contributed by atoms with Gasteiger partial charge in [-0.15, -0.1) is 0 Å².